The minimum Gasteiger partial charge on any atom is -0.432 e. The summed E-state index contributed by atoms with van der Waals surface area (Å²) in [6, 6.07) is 0. The minimum absolute atomic E-state index is 0.0544. The lowest BCUT2D eigenvalue weighted by Gasteiger charge is -2.71. The van der Waals surface area contributed by atoms with Gasteiger partial charge in [-0.2, -0.15) is 0 Å². The normalized spacial score (nSPS) is 55.1. The van der Waals surface area contributed by atoms with Crippen LogP contribution < -0.4 is 0 Å². The lowest BCUT2D eigenvalue weighted by molar-refractivity contribution is -0.404. The van der Waals surface area contributed by atoms with Crippen LogP contribution in [0.15, 0.2) is 11.6 Å². The molecule has 7 heterocycles. The molecule has 11 fully saturated rings. The Hall–Kier alpha value is -2.07. The first-order valence-electron chi connectivity index (χ1n) is 36.4. The van der Waals surface area contributed by atoms with E-state index < -0.39 is 275 Å². The molecule has 4 saturated carbocycles. The van der Waals surface area contributed by atoms with Gasteiger partial charge in [-0.05, 0) is 116 Å². The smallest absolute Gasteiger partial charge is 0.315 e. The van der Waals surface area contributed by atoms with Crippen molar-refractivity contribution in [3.63, 3.8) is 0 Å². The Labute approximate surface area is 596 Å². The highest BCUT2D eigenvalue weighted by Crippen LogP contribution is 2.76. The van der Waals surface area contributed by atoms with Gasteiger partial charge in [0.2, 0.25) is 6.29 Å². The monoisotopic (exact) mass is 1480 g/mol. The molecule has 0 aromatic rings. The van der Waals surface area contributed by atoms with Gasteiger partial charge in [-0.1, -0.05) is 60.1 Å². The van der Waals surface area contributed by atoms with Crippen molar-refractivity contribution in [1.29, 1.82) is 0 Å². The first-order valence-corrected chi connectivity index (χ1v) is 36.4. The van der Waals surface area contributed by atoms with Crippen LogP contribution in [0.2, 0.25) is 0 Å². The lowest BCUT2D eigenvalue weighted by Crippen LogP contribution is -2.69. The van der Waals surface area contributed by atoms with Crippen LogP contribution in [0.25, 0.3) is 0 Å². The molecular formula is C69H112O34. The molecule has 0 aromatic carbocycles. The maximum absolute atomic E-state index is 14.9. The maximum Gasteiger partial charge on any atom is 0.315 e. The van der Waals surface area contributed by atoms with Crippen LogP contribution in [0.4, 0.5) is 0 Å². The van der Waals surface area contributed by atoms with E-state index in [0.717, 1.165) is 6.42 Å². The average Bonchev–Trinajstić information content (AvgIpc) is 0.673. The minimum atomic E-state index is -2.20. The van der Waals surface area contributed by atoms with Gasteiger partial charge in [-0.15, -0.1) is 0 Å². The van der Waals surface area contributed by atoms with Gasteiger partial charge in [-0.25, -0.2) is 0 Å². The summed E-state index contributed by atoms with van der Waals surface area (Å²) >= 11 is 0. The summed E-state index contributed by atoms with van der Waals surface area (Å²) in [5, 5.41) is 211. The standard InChI is InChI=1S/C69H112O34/c1-25-37(75)41(79)46(84)59(93-25)99-51-32(20-70)95-61(48(86)43(51)81)100-53-34(97-56-44(82)39(77)30(73)22-90-56)24-92-58(50(53)88)101-54-49(87)52(98-57-45(83)40(78)31(74)23-91-57)33(21-71)96-62(54)102-55-29(72)19-66(7)35(65(55,5)6)12-13-68(9)36(66)11-10-27-28-18-64(3,4)14-16-69(28,17-15-67(27,68)8)63(89)103-60-47(85)42(80)38(76)26(2)94-60/h10,25-26,28-62,70-88H,11-24H2,1-9H3/t25-,26-,28-,29+,30-,31+,32+,33+,34+,35-,36+,37-,38-,39-,40-,41+,42+,43+,44+,45+,46+,47+,48+,49-,50+,51+,52+,53-,54+,55-,56-,57-,58-,59-,60-,61-,62-,66-,67+,68+,69-/m0/s1. The second kappa shape index (κ2) is 30.2. The quantitative estimate of drug-likeness (QED) is 0.0389. The molecule has 0 radical (unpaired) electrons. The Morgan fingerprint density at radius 2 is 0.932 bits per heavy atom. The number of aliphatic hydroxyl groups excluding tert-OH is 19. The third-order valence-corrected chi connectivity index (χ3v) is 26.5. The Morgan fingerprint density at radius 1 is 0.447 bits per heavy atom. The van der Waals surface area contributed by atoms with Crippen LogP contribution in [0.3, 0.4) is 0 Å². The van der Waals surface area contributed by atoms with E-state index in [2.05, 4.69) is 40.7 Å². The Bertz CT molecular complexity index is 2930. The molecule has 0 spiro atoms. The summed E-state index contributed by atoms with van der Waals surface area (Å²) in [6.07, 6.45) is -51.0. The van der Waals surface area contributed by atoms with E-state index in [1.807, 2.05) is 13.8 Å². The summed E-state index contributed by atoms with van der Waals surface area (Å²) in [5.41, 5.74) is -2.44. The number of hydrogen-bond acceptors (Lipinski definition) is 34. The van der Waals surface area contributed by atoms with E-state index in [1.165, 1.54) is 19.4 Å². The van der Waals surface area contributed by atoms with Crippen LogP contribution in [0, 0.1) is 50.2 Å². The third kappa shape index (κ3) is 14.1. The molecule has 7 saturated heterocycles. The highest BCUT2D eigenvalue weighted by Gasteiger charge is 2.72. The van der Waals surface area contributed by atoms with E-state index >= 15 is 0 Å². The molecule has 0 bridgehead atoms. The van der Waals surface area contributed by atoms with Crippen LogP contribution >= 0.6 is 0 Å². The molecule has 12 aliphatic rings. The molecule has 592 valence electrons. The average molecular weight is 1490 g/mol. The van der Waals surface area contributed by atoms with Gasteiger partial charge < -0.3 is 163 Å². The number of fused-ring (bicyclic) bond motifs is 7. The van der Waals surface area contributed by atoms with Gasteiger partial charge in [0.1, 0.15) is 140 Å². The number of carbonyl (C=O) groups is 1. The number of ether oxygens (including phenoxy) is 14. The van der Waals surface area contributed by atoms with Gasteiger partial charge in [0.15, 0.2) is 37.7 Å². The number of rotatable bonds is 16. The van der Waals surface area contributed by atoms with Gasteiger partial charge in [0.25, 0.3) is 0 Å². The number of aliphatic hydroxyl groups is 19. The Kier molecular flexibility index (Phi) is 23.6. The largest absolute Gasteiger partial charge is 0.432 e. The fourth-order valence-electron chi connectivity index (χ4n) is 20.2. The Balaban J connectivity index is 0.824. The summed E-state index contributed by atoms with van der Waals surface area (Å²) < 4.78 is 84.9. The highest BCUT2D eigenvalue weighted by molar-refractivity contribution is 5.79. The molecule has 0 aromatic heterocycles. The molecule has 103 heavy (non-hydrogen) atoms. The molecule has 19 N–H and O–H groups in total. The fourth-order valence-corrected chi connectivity index (χ4v) is 20.2. The summed E-state index contributed by atoms with van der Waals surface area (Å²) in [6.45, 7) is 14.3. The topological polar surface area (TPSA) is 531 Å². The van der Waals surface area contributed by atoms with Gasteiger partial charge >= 0.3 is 5.97 Å². The van der Waals surface area contributed by atoms with Gasteiger partial charge in [-0.3, -0.25) is 4.79 Å². The van der Waals surface area contributed by atoms with E-state index in [1.54, 1.807) is 0 Å². The van der Waals surface area contributed by atoms with Crippen LogP contribution in [0.5, 0.6) is 0 Å². The molecule has 41 atom stereocenters. The van der Waals surface area contributed by atoms with Crippen molar-refractivity contribution in [2.24, 2.45) is 50.2 Å². The zero-order valence-electron chi connectivity index (χ0n) is 59.5. The van der Waals surface area contributed by atoms with E-state index in [4.69, 9.17) is 66.3 Å². The number of carbonyl (C=O) groups excluding carboxylic acids is 1. The molecule has 5 aliphatic carbocycles. The summed E-state index contributed by atoms with van der Waals surface area (Å²) in [7, 11) is 0. The van der Waals surface area contributed by atoms with Crippen molar-refractivity contribution < 1.29 is 168 Å². The van der Waals surface area contributed by atoms with Gasteiger partial charge in [0.05, 0.1) is 62.9 Å². The van der Waals surface area contributed by atoms with Crippen molar-refractivity contribution in [3.05, 3.63) is 11.6 Å². The summed E-state index contributed by atoms with van der Waals surface area (Å²) in [4.78, 5) is 14.9. The third-order valence-electron chi connectivity index (χ3n) is 26.5. The zero-order valence-corrected chi connectivity index (χ0v) is 59.5. The van der Waals surface area contributed by atoms with Crippen LogP contribution in [-0.2, 0) is 71.1 Å². The van der Waals surface area contributed by atoms with Crippen molar-refractivity contribution in [2.45, 2.75) is 329 Å². The van der Waals surface area contributed by atoms with Crippen LogP contribution in [-0.4, -0.2) is 345 Å². The van der Waals surface area contributed by atoms with Crippen molar-refractivity contribution >= 4 is 5.97 Å². The zero-order chi connectivity index (χ0) is 75.0. The molecular weight excluding hydrogens is 1370 g/mol. The molecule has 0 amide bonds. The highest BCUT2D eigenvalue weighted by atomic mass is 16.8. The first kappa shape index (κ1) is 80.4. The number of hydrogen-bond donors (Lipinski definition) is 19. The number of esters is 1. The van der Waals surface area contributed by atoms with Crippen molar-refractivity contribution in [1.82, 2.24) is 0 Å². The van der Waals surface area contributed by atoms with Crippen molar-refractivity contribution in [2.75, 3.05) is 33.0 Å². The SMILES string of the molecule is C[C@@H]1O[C@@H](OC(=O)[C@]23CCC(C)(C)C[C@H]2C2=CC[C@@H]4[C@@]5(C)C[C@@H](O)[C@H](O[C@@H]6O[C@H](CO)[C@@H](O[C@@H]7OC[C@@H](O)[C@H](O)[C@H]7O)[C@H](O)[C@H]6O[C@@H]6OC[C@@H](O[C@@H]7OC[C@H](O)[C@H](O)[C@H]7O)[C@H](O[C@@H]7O[C@H](CO)[C@@H](O[C@@H]8O[C@@H](C)[C@H](O)[C@@H](O)[C@H]8O)[C@H](O)[C@H]7O)[C@H]6O)C(C)(C)[C@@H]5CC[C@@]4(C)[C@]2(C)CC3)[C@H](O)[C@H](O)[C@H]1O. The second-order valence-corrected chi connectivity index (χ2v) is 33.5. The van der Waals surface area contributed by atoms with Crippen LogP contribution in [0.1, 0.15) is 120 Å². The number of allylic oxidation sites excluding steroid dienone is 2. The second-order valence-electron chi connectivity index (χ2n) is 33.5. The van der Waals surface area contributed by atoms with E-state index in [-0.39, 0.29) is 29.6 Å². The molecule has 7 aliphatic heterocycles. The van der Waals surface area contributed by atoms with Crippen molar-refractivity contribution in [3.8, 4) is 0 Å². The predicted octanol–water partition coefficient (Wildman–Crippen LogP) is -5.62. The molecule has 34 heteroatoms. The van der Waals surface area contributed by atoms with Gasteiger partial charge in [0, 0.05) is 0 Å². The van der Waals surface area contributed by atoms with E-state index in [0.29, 0.717) is 44.9 Å². The predicted molar refractivity (Wildman–Crippen MR) is 341 cm³/mol. The molecule has 34 nitrogen and oxygen atoms in total. The maximum atomic E-state index is 14.9. The lowest BCUT2D eigenvalue weighted by atomic mass is 9.33. The summed E-state index contributed by atoms with van der Waals surface area (Å²) in [5.74, 6) is -1.03. The fraction of sp³-hybridized carbons (Fsp3) is 0.957. The molecule has 12 rings (SSSR count). The van der Waals surface area contributed by atoms with E-state index in [9.17, 15) is 102 Å². The molecule has 0 unspecified atom stereocenters. The first-order chi connectivity index (χ1) is 48.3. The Morgan fingerprint density at radius 3 is 1.54 bits per heavy atom.